The van der Waals surface area contributed by atoms with Crippen LogP contribution in [0.25, 0.3) is 11.1 Å². The largest absolute Gasteiger partial charge is 0.362 e. The molecule has 1 aliphatic rings. The minimum Gasteiger partial charge on any atom is -0.362 e. The third-order valence-electron chi connectivity index (χ3n) is 4.70. The Bertz CT molecular complexity index is 747. The lowest BCUT2D eigenvalue weighted by Crippen LogP contribution is -2.61. The highest BCUT2D eigenvalue weighted by molar-refractivity contribution is 5.86. The Hall–Kier alpha value is -2.17. The van der Waals surface area contributed by atoms with Gasteiger partial charge in [-0.2, -0.15) is 0 Å². The fourth-order valence-corrected chi connectivity index (χ4v) is 3.33. The molecule has 0 aliphatic carbocycles. The Morgan fingerprint density at radius 1 is 1.19 bits per heavy atom. The summed E-state index contributed by atoms with van der Waals surface area (Å²) in [5.41, 5.74) is 3.84. The normalized spacial score (nSPS) is 20.2. The van der Waals surface area contributed by atoms with E-state index in [1.54, 1.807) is 0 Å². The van der Waals surface area contributed by atoms with Crippen LogP contribution in [-0.2, 0) is 16.0 Å². The molecule has 0 spiro atoms. The third kappa shape index (κ3) is 4.32. The third-order valence-corrected chi connectivity index (χ3v) is 4.70. The van der Waals surface area contributed by atoms with Crippen LogP contribution < -0.4 is 10.6 Å². The van der Waals surface area contributed by atoms with Crippen molar-refractivity contribution in [2.45, 2.75) is 38.8 Å². The second-order valence-corrected chi connectivity index (χ2v) is 7.39. The van der Waals surface area contributed by atoms with Gasteiger partial charge < -0.3 is 15.4 Å². The second-order valence-electron chi connectivity index (χ2n) is 7.39. The SMILES string of the molecule is Cc1ccc(-c2cccc(CC3(C(=O)NC(C)C)CNCCO3)c2)cc1. The first-order valence-electron chi connectivity index (χ1n) is 9.30. The van der Waals surface area contributed by atoms with Gasteiger partial charge in [-0.15, -0.1) is 0 Å². The lowest BCUT2D eigenvalue weighted by molar-refractivity contribution is -0.151. The van der Waals surface area contributed by atoms with Gasteiger partial charge in [0.2, 0.25) is 0 Å². The van der Waals surface area contributed by atoms with Crippen LogP contribution in [0.3, 0.4) is 0 Å². The number of rotatable bonds is 5. The topological polar surface area (TPSA) is 50.4 Å². The molecule has 2 aromatic carbocycles. The summed E-state index contributed by atoms with van der Waals surface area (Å²) < 4.78 is 6.02. The summed E-state index contributed by atoms with van der Waals surface area (Å²) >= 11 is 0. The van der Waals surface area contributed by atoms with Crippen LogP contribution >= 0.6 is 0 Å². The van der Waals surface area contributed by atoms with E-state index in [1.165, 1.54) is 11.1 Å². The minimum atomic E-state index is -0.853. The first-order valence-corrected chi connectivity index (χ1v) is 9.30. The summed E-state index contributed by atoms with van der Waals surface area (Å²) in [6.07, 6.45) is 0.554. The predicted octanol–water partition coefficient (Wildman–Crippen LogP) is 3.09. The molecule has 1 unspecified atom stereocenters. The van der Waals surface area contributed by atoms with Crippen LogP contribution in [-0.4, -0.2) is 37.2 Å². The van der Waals surface area contributed by atoms with Crippen molar-refractivity contribution in [1.29, 1.82) is 0 Å². The summed E-state index contributed by atoms with van der Waals surface area (Å²) in [5.74, 6) is -0.0413. The number of benzene rings is 2. The lowest BCUT2D eigenvalue weighted by Gasteiger charge is -2.37. The number of carbonyl (C=O) groups excluding carboxylic acids is 1. The molecular formula is C22H28N2O2. The Morgan fingerprint density at radius 2 is 1.96 bits per heavy atom. The molecule has 0 bridgehead atoms. The number of carbonyl (C=O) groups is 1. The second kappa shape index (κ2) is 8.02. The lowest BCUT2D eigenvalue weighted by atomic mass is 9.90. The number of ether oxygens (including phenoxy) is 1. The highest BCUT2D eigenvalue weighted by Gasteiger charge is 2.41. The van der Waals surface area contributed by atoms with Crippen molar-refractivity contribution in [2.75, 3.05) is 19.7 Å². The Kier molecular flexibility index (Phi) is 5.74. The van der Waals surface area contributed by atoms with E-state index < -0.39 is 5.60 Å². The molecule has 4 heteroatoms. The molecule has 4 nitrogen and oxygen atoms in total. The Morgan fingerprint density at radius 3 is 2.62 bits per heavy atom. The van der Waals surface area contributed by atoms with Gasteiger partial charge in [-0.1, -0.05) is 54.1 Å². The van der Waals surface area contributed by atoms with Crippen LogP contribution in [0.4, 0.5) is 0 Å². The van der Waals surface area contributed by atoms with Gasteiger partial charge in [0.05, 0.1) is 6.61 Å². The summed E-state index contributed by atoms with van der Waals surface area (Å²) in [6.45, 7) is 7.88. The maximum atomic E-state index is 12.9. The number of hydrogen-bond acceptors (Lipinski definition) is 3. The molecule has 0 aromatic heterocycles. The first kappa shape index (κ1) is 18.6. The zero-order chi connectivity index (χ0) is 18.6. The van der Waals surface area contributed by atoms with Gasteiger partial charge in [0.1, 0.15) is 0 Å². The highest BCUT2D eigenvalue weighted by Crippen LogP contribution is 2.25. The first-order chi connectivity index (χ1) is 12.5. The van der Waals surface area contributed by atoms with E-state index in [0.29, 0.717) is 19.6 Å². The summed E-state index contributed by atoms with van der Waals surface area (Å²) in [4.78, 5) is 12.9. The van der Waals surface area contributed by atoms with Crippen molar-refractivity contribution in [1.82, 2.24) is 10.6 Å². The number of morpholine rings is 1. The van der Waals surface area contributed by atoms with Crippen LogP contribution in [0.1, 0.15) is 25.0 Å². The molecule has 0 saturated carbocycles. The van der Waals surface area contributed by atoms with Crippen molar-refractivity contribution in [3.63, 3.8) is 0 Å². The van der Waals surface area contributed by atoms with Gasteiger partial charge in [0.15, 0.2) is 5.60 Å². The molecule has 1 heterocycles. The van der Waals surface area contributed by atoms with Crippen LogP contribution in [0.2, 0.25) is 0 Å². The van der Waals surface area contributed by atoms with Gasteiger partial charge in [0.25, 0.3) is 5.91 Å². The Labute approximate surface area is 156 Å². The standard InChI is InChI=1S/C22H28N2O2/c1-16(2)24-21(25)22(15-23-11-12-26-22)14-18-5-4-6-20(13-18)19-9-7-17(3)8-10-19/h4-10,13,16,23H,11-12,14-15H2,1-3H3,(H,24,25). The van der Waals surface area contributed by atoms with Crippen LogP contribution in [0.15, 0.2) is 48.5 Å². The van der Waals surface area contributed by atoms with Gasteiger partial charge in [-0.05, 0) is 37.5 Å². The van der Waals surface area contributed by atoms with Gasteiger partial charge in [-0.25, -0.2) is 0 Å². The van der Waals surface area contributed by atoms with Crippen LogP contribution in [0, 0.1) is 6.92 Å². The zero-order valence-corrected chi connectivity index (χ0v) is 15.8. The smallest absolute Gasteiger partial charge is 0.254 e. The minimum absolute atomic E-state index is 0.0413. The number of nitrogens with one attached hydrogen (secondary N) is 2. The zero-order valence-electron chi connectivity index (χ0n) is 15.8. The van der Waals surface area contributed by atoms with Crippen molar-refractivity contribution in [3.05, 3.63) is 59.7 Å². The highest BCUT2D eigenvalue weighted by atomic mass is 16.5. The molecule has 2 aromatic rings. The van der Waals surface area contributed by atoms with Gasteiger partial charge >= 0.3 is 0 Å². The van der Waals surface area contributed by atoms with E-state index in [0.717, 1.165) is 17.7 Å². The van der Waals surface area contributed by atoms with Gasteiger partial charge in [-0.3, -0.25) is 4.79 Å². The summed E-state index contributed by atoms with van der Waals surface area (Å²) in [5, 5.41) is 6.34. The molecule has 3 rings (SSSR count). The van der Waals surface area contributed by atoms with E-state index in [9.17, 15) is 4.79 Å². The summed E-state index contributed by atoms with van der Waals surface area (Å²) in [6, 6.07) is 17.0. The number of aryl methyl sites for hydroxylation is 1. The molecule has 1 saturated heterocycles. The Balaban J connectivity index is 1.86. The van der Waals surface area contributed by atoms with Crippen molar-refractivity contribution >= 4 is 5.91 Å². The van der Waals surface area contributed by atoms with E-state index in [-0.39, 0.29) is 11.9 Å². The molecular weight excluding hydrogens is 324 g/mol. The fourth-order valence-electron chi connectivity index (χ4n) is 3.33. The monoisotopic (exact) mass is 352 g/mol. The average molecular weight is 352 g/mol. The maximum absolute atomic E-state index is 12.9. The molecule has 1 amide bonds. The fraction of sp³-hybridized carbons (Fsp3) is 0.409. The van der Waals surface area contributed by atoms with E-state index in [4.69, 9.17) is 4.74 Å². The average Bonchev–Trinajstić information content (AvgIpc) is 2.63. The molecule has 138 valence electrons. The van der Waals surface area contributed by atoms with Crippen molar-refractivity contribution in [2.24, 2.45) is 0 Å². The van der Waals surface area contributed by atoms with E-state index >= 15 is 0 Å². The van der Waals surface area contributed by atoms with E-state index in [2.05, 4.69) is 66.1 Å². The molecule has 1 fully saturated rings. The summed E-state index contributed by atoms with van der Waals surface area (Å²) in [7, 11) is 0. The predicted molar refractivity (Wildman–Crippen MR) is 105 cm³/mol. The van der Waals surface area contributed by atoms with Crippen molar-refractivity contribution in [3.8, 4) is 11.1 Å². The van der Waals surface area contributed by atoms with Crippen molar-refractivity contribution < 1.29 is 9.53 Å². The maximum Gasteiger partial charge on any atom is 0.254 e. The quantitative estimate of drug-likeness (QED) is 0.869. The molecule has 1 atom stereocenters. The van der Waals surface area contributed by atoms with Crippen LogP contribution in [0.5, 0.6) is 0 Å². The van der Waals surface area contributed by atoms with E-state index in [1.807, 2.05) is 13.8 Å². The van der Waals surface area contributed by atoms with Gasteiger partial charge in [0, 0.05) is 25.6 Å². The molecule has 26 heavy (non-hydrogen) atoms. The number of hydrogen-bond donors (Lipinski definition) is 2. The molecule has 2 N–H and O–H groups in total. The molecule has 1 aliphatic heterocycles. The molecule has 0 radical (unpaired) electrons. The number of amides is 1.